The van der Waals surface area contributed by atoms with Crippen molar-refractivity contribution in [3.8, 4) is 0 Å². The quantitative estimate of drug-likeness (QED) is 0.675. The molecule has 4 nitrogen and oxygen atoms in total. The summed E-state index contributed by atoms with van der Waals surface area (Å²) in [4.78, 5) is 11.7. The molecule has 3 N–H and O–H groups in total. The molecule has 0 saturated carbocycles. The number of carbonyl (C=O) groups excluding carboxylic acids is 1. The van der Waals surface area contributed by atoms with E-state index in [9.17, 15) is 26.7 Å². The zero-order valence-electron chi connectivity index (χ0n) is 13.4. The Balaban J connectivity index is 1.90. The first-order valence-corrected chi connectivity index (χ1v) is 7.59. The highest BCUT2D eigenvalue weighted by atomic mass is 19.4. The second-order valence-corrected chi connectivity index (χ2v) is 5.42. The van der Waals surface area contributed by atoms with Crippen LogP contribution >= 0.6 is 0 Å². The van der Waals surface area contributed by atoms with E-state index in [-0.39, 0.29) is 12.2 Å². The molecule has 1 atom stereocenters. The van der Waals surface area contributed by atoms with Gasteiger partial charge in [-0.1, -0.05) is 30.3 Å². The Morgan fingerprint density at radius 3 is 2.35 bits per heavy atom. The number of urea groups is 1. The lowest BCUT2D eigenvalue weighted by Gasteiger charge is -2.22. The van der Waals surface area contributed by atoms with E-state index in [4.69, 9.17) is 0 Å². The average Bonchev–Trinajstić information content (AvgIpc) is 2.57. The maximum absolute atomic E-state index is 13.4. The fraction of sp³-hybridized carbons (Fsp3) is 0.235. The molecule has 0 bridgehead atoms. The standard InChI is InChI=1S/C17H16F5N3O/c18-12-6-7-14(13(19)8-12)25-16(26)24-10-15(17(20,21)22)23-9-11-4-2-1-3-5-11/h1-8,15,23H,9-10H2,(H2,24,25,26). The highest BCUT2D eigenvalue weighted by Gasteiger charge is 2.39. The van der Waals surface area contributed by atoms with Crippen molar-refractivity contribution in [2.24, 2.45) is 0 Å². The van der Waals surface area contributed by atoms with Crippen LogP contribution in [0.2, 0.25) is 0 Å². The third-order valence-corrected chi connectivity index (χ3v) is 3.44. The minimum absolute atomic E-state index is 0.0408. The average molecular weight is 373 g/mol. The number of amides is 2. The van der Waals surface area contributed by atoms with Gasteiger partial charge in [-0.25, -0.2) is 13.6 Å². The number of alkyl halides is 3. The van der Waals surface area contributed by atoms with Gasteiger partial charge in [0, 0.05) is 19.2 Å². The second kappa shape index (κ2) is 8.61. The molecule has 0 radical (unpaired) electrons. The van der Waals surface area contributed by atoms with Gasteiger partial charge in [0.2, 0.25) is 0 Å². The van der Waals surface area contributed by atoms with Crippen molar-refractivity contribution in [1.82, 2.24) is 10.6 Å². The largest absolute Gasteiger partial charge is 0.405 e. The number of carbonyl (C=O) groups is 1. The van der Waals surface area contributed by atoms with Gasteiger partial charge in [0.15, 0.2) is 0 Å². The smallest absolute Gasteiger partial charge is 0.336 e. The number of hydrogen-bond acceptors (Lipinski definition) is 2. The highest BCUT2D eigenvalue weighted by molar-refractivity contribution is 5.89. The summed E-state index contributed by atoms with van der Waals surface area (Å²) in [5, 5.41) is 6.38. The van der Waals surface area contributed by atoms with Crippen molar-refractivity contribution >= 4 is 11.7 Å². The number of anilines is 1. The molecule has 2 amide bonds. The van der Waals surface area contributed by atoms with Crippen molar-refractivity contribution in [2.45, 2.75) is 18.8 Å². The van der Waals surface area contributed by atoms with Crippen LogP contribution in [0.4, 0.5) is 32.4 Å². The molecular weight excluding hydrogens is 357 g/mol. The molecule has 1 unspecified atom stereocenters. The summed E-state index contributed by atoms with van der Waals surface area (Å²) in [6, 6.07) is 7.87. The molecule has 2 aromatic rings. The first-order valence-electron chi connectivity index (χ1n) is 7.59. The van der Waals surface area contributed by atoms with Crippen molar-refractivity contribution in [2.75, 3.05) is 11.9 Å². The Bertz CT molecular complexity index is 737. The summed E-state index contributed by atoms with van der Waals surface area (Å²) in [5.41, 5.74) is 0.310. The van der Waals surface area contributed by atoms with Gasteiger partial charge >= 0.3 is 12.2 Å². The Kier molecular flexibility index (Phi) is 6.51. The Labute approximate surface area is 146 Å². The molecule has 2 rings (SSSR count). The maximum atomic E-state index is 13.4. The third kappa shape index (κ3) is 5.99. The number of rotatable bonds is 6. The molecule has 0 spiro atoms. The zero-order valence-corrected chi connectivity index (χ0v) is 13.4. The summed E-state index contributed by atoms with van der Waals surface area (Å²) in [6.45, 7) is -0.800. The topological polar surface area (TPSA) is 53.2 Å². The number of benzene rings is 2. The molecule has 0 aliphatic rings. The lowest BCUT2D eigenvalue weighted by atomic mass is 10.2. The molecule has 0 aliphatic heterocycles. The van der Waals surface area contributed by atoms with Crippen molar-refractivity contribution < 1.29 is 26.7 Å². The van der Waals surface area contributed by atoms with Gasteiger partial charge in [0.05, 0.1) is 5.69 Å². The fourth-order valence-corrected chi connectivity index (χ4v) is 2.09. The summed E-state index contributed by atoms with van der Waals surface area (Å²) in [5.74, 6) is -1.87. The van der Waals surface area contributed by atoms with Crippen LogP contribution in [-0.4, -0.2) is 24.8 Å². The molecule has 2 aromatic carbocycles. The molecule has 0 aliphatic carbocycles. The maximum Gasteiger partial charge on any atom is 0.405 e. The first kappa shape index (κ1) is 19.6. The zero-order chi connectivity index (χ0) is 19.2. The minimum atomic E-state index is -4.59. The molecule has 140 valence electrons. The lowest BCUT2D eigenvalue weighted by Crippen LogP contribution is -2.50. The van der Waals surface area contributed by atoms with E-state index in [1.165, 1.54) is 0 Å². The lowest BCUT2D eigenvalue weighted by molar-refractivity contribution is -0.154. The van der Waals surface area contributed by atoms with Gasteiger partial charge in [0.25, 0.3) is 0 Å². The van der Waals surface area contributed by atoms with Gasteiger partial charge in [-0.3, -0.25) is 0 Å². The summed E-state index contributed by atoms with van der Waals surface area (Å²) < 4.78 is 65.4. The SMILES string of the molecule is O=C(NCC(NCc1ccccc1)C(F)(F)F)Nc1ccc(F)cc1F. The molecule has 0 heterocycles. The molecular formula is C17H16F5N3O. The normalized spacial score (nSPS) is 12.5. The van der Waals surface area contributed by atoms with Crippen LogP contribution in [0, 0.1) is 11.6 Å². The molecule has 9 heteroatoms. The van der Waals surface area contributed by atoms with Gasteiger partial charge < -0.3 is 16.0 Å². The minimum Gasteiger partial charge on any atom is -0.336 e. The molecule has 0 aromatic heterocycles. The second-order valence-electron chi connectivity index (χ2n) is 5.42. The predicted octanol–water partition coefficient (Wildman–Crippen LogP) is 3.81. The van der Waals surface area contributed by atoms with Crippen molar-refractivity contribution in [3.05, 3.63) is 65.7 Å². The van der Waals surface area contributed by atoms with Crippen LogP contribution in [0.15, 0.2) is 48.5 Å². The van der Waals surface area contributed by atoms with E-state index in [2.05, 4.69) is 5.32 Å². The Morgan fingerprint density at radius 2 is 1.73 bits per heavy atom. The first-order chi connectivity index (χ1) is 12.3. The highest BCUT2D eigenvalue weighted by Crippen LogP contribution is 2.20. The number of nitrogens with one attached hydrogen (secondary N) is 3. The Morgan fingerprint density at radius 1 is 1.04 bits per heavy atom. The third-order valence-electron chi connectivity index (χ3n) is 3.44. The van der Waals surface area contributed by atoms with E-state index >= 15 is 0 Å². The predicted molar refractivity (Wildman–Crippen MR) is 86.5 cm³/mol. The van der Waals surface area contributed by atoms with Crippen molar-refractivity contribution in [1.29, 1.82) is 0 Å². The van der Waals surface area contributed by atoms with Crippen LogP contribution in [0.3, 0.4) is 0 Å². The monoisotopic (exact) mass is 373 g/mol. The number of hydrogen-bond donors (Lipinski definition) is 3. The van der Waals surface area contributed by atoms with Crippen LogP contribution in [-0.2, 0) is 6.54 Å². The summed E-state index contributed by atoms with van der Waals surface area (Å²) >= 11 is 0. The van der Waals surface area contributed by atoms with Crippen LogP contribution in [0.25, 0.3) is 0 Å². The van der Waals surface area contributed by atoms with E-state index in [1.54, 1.807) is 30.3 Å². The van der Waals surface area contributed by atoms with Gasteiger partial charge in [-0.05, 0) is 17.7 Å². The molecule has 0 saturated heterocycles. The van der Waals surface area contributed by atoms with E-state index in [1.807, 2.05) is 10.6 Å². The Hall–Kier alpha value is -2.68. The molecule has 0 fully saturated rings. The van der Waals surface area contributed by atoms with Gasteiger partial charge in [0.1, 0.15) is 17.7 Å². The summed E-state index contributed by atoms with van der Waals surface area (Å²) in [6.07, 6.45) is -4.59. The molecule has 26 heavy (non-hydrogen) atoms. The van der Waals surface area contributed by atoms with E-state index < -0.39 is 36.4 Å². The van der Waals surface area contributed by atoms with Crippen molar-refractivity contribution in [3.63, 3.8) is 0 Å². The van der Waals surface area contributed by atoms with Crippen LogP contribution < -0.4 is 16.0 Å². The van der Waals surface area contributed by atoms with Gasteiger partial charge in [-0.15, -0.1) is 0 Å². The fourth-order valence-electron chi connectivity index (χ4n) is 2.09. The summed E-state index contributed by atoms with van der Waals surface area (Å²) in [7, 11) is 0. The van der Waals surface area contributed by atoms with Gasteiger partial charge in [-0.2, -0.15) is 13.2 Å². The van der Waals surface area contributed by atoms with E-state index in [0.29, 0.717) is 11.6 Å². The number of halogens is 5. The van der Waals surface area contributed by atoms with Crippen LogP contribution in [0.5, 0.6) is 0 Å². The van der Waals surface area contributed by atoms with E-state index in [0.717, 1.165) is 12.1 Å². The van der Waals surface area contributed by atoms with Crippen LogP contribution in [0.1, 0.15) is 5.56 Å².